The van der Waals surface area contributed by atoms with Crippen LogP contribution in [0.2, 0.25) is 0 Å². The summed E-state index contributed by atoms with van der Waals surface area (Å²) in [5.74, 6) is 0.844. The van der Waals surface area contributed by atoms with Crippen LogP contribution in [0.3, 0.4) is 0 Å². The molecule has 19 heavy (non-hydrogen) atoms. The summed E-state index contributed by atoms with van der Waals surface area (Å²) in [7, 11) is 3.03. The van der Waals surface area contributed by atoms with Gasteiger partial charge in [-0.1, -0.05) is 0 Å². The van der Waals surface area contributed by atoms with Crippen LogP contribution in [-0.4, -0.2) is 25.3 Å². The maximum absolute atomic E-state index is 11.2. The minimum Gasteiger partial charge on any atom is -0.496 e. The molecule has 0 fully saturated rings. The van der Waals surface area contributed by atoms with Crippen molar-refractivity contribution in [3.8, 4) is 17.2 Å². The van der Waals surface area contributed by atoms with Gasteiger partial charge in [0.05, 0.1) is 29.5 Å². The van der Waals surface area contributed by atoms with Crippen molar-refractivity contribution in [1.29, 1.82) is 0 Å². The average Bonchev–Trinajstić information content (AvgIpc) is 2.32. The molecule has 0 spiro atoms. The number of benzene rings is 1. The van der Waals surface area contributed by atoms with Crippen LogP contribution in [0.25, 0.3) is 0 Å². The molecule has 0 amide bonds. The van der Waals surface area contributed by atoms with Crippen LogP contribution in [0.5, 0.6) is 17.2 Å². The van der Waals surface area contributed by atoms with Crippen LogP contribution in [-0.2, 0) is 4.79 Å². The summed E-state index contributed by atoms with van der Waals surface area (Å²) in [6, 6.07) is 0. The highest BCUT2D eigenvalue weighted by Crippen LogP contribution is 2.46. The Morgan fingerprint density at radius 2 is 1.74 bits per heavy atom. The molecule has 0 saturated heterocycles. The molecule has 0 aliphatic carbocycles. The van der Waals surface area contributed by atoms with E-state index in [-0.39, 0.29) is 5.75 Å². The molecule has 1 rings (SSSR count). The van der Waals surface area contributed by atoms with Gasteiger partial charge in [-0.3, -0.25) is 4.79 Å². The number of hydrogen-bond donors (Lipinski definition) is 1. The van der Waals surface area contributed by atoms with Gasteiger partial charge in [-0.25, -0.2) is 0 Å². The molecule has 1 N–H and O–H groups in total. The van der Waals surface area contributed by atoms with Crippen LogP contribution >= 0.6 is 22.6 Å². The Balaban J connectivity index is 3.69. The highest BCUT2D eigenvalue weighted by molar-refractivity contribution is 14.1. The van der Waals surface area contributed by atoms with Gasteiger partial charge in [0.2, 0.25) is 0 Å². The maximum atomic E-state index is 11.2. The fraction of sp³-hybridized carbons (Fsp3) is 0.462. The Hall–Kier alpha value is -1.02. The second kappa shape index (κ2) is 6.42. The van der Waals surface area contributed by atoms with E-state index in [0.29, 0.717) is 20.6 Å². The smallest absolute Gasteiger partial charge is 0.308 e. The highest BCUT2D eigenvalue weighted by atomic mass is 127. The van der Waals surface area contributed by atoms with Crippen LogP contribution in [0.4, 0.5) is 0 Å². The lowest BCUT2D eigenvalue weighted by atomic mass is 10.0. The number of ether oxygens (including phenoxy) is 3. The number of aliphatic hydroxyl groups is 1. The number of carbonyl (C=O) groups is 1. The Labute approximate surface area is 126 Å². The molecule has 1 atom stereocenters. The first-order valence-corrected chi connectivity index (χ1v) is 6.73. The summed E-state index contributed by atoms with van der Waals surface area (Å²) >= 11 is 2.02. The quantitative estimate of drug-likeness (QED) is 0.494. The van der Waals surface area contributed by atoms with E-state index in [0.717, 1.165) is 5.56 Å². The van der Waals surface area contributed by atoms with E-state index in [4.69, 9.17) is 14.2 Å². The van der Waals surface area contributed by atoms with Crippen molar-refractivity contribution >= 4 is 28.6 Å². The predicted molar refractivity (Wildman–Crippen MR) is 78.9 cm³/mol. The van der Waals surface area contributed by atoms with Gasteiger partial charge < -0.3 is 19.3 Å². The standard InChI is InChI=1S/C13H17IO5/c1-6-11(17-4)9(7(2)15)13(19-8(3)16)10(14)12(6)18-5/h7,15H,1-5H3. The largest absolute Gasteiger partial charge is 0.496 e. The number of aliphatic hydroxyl groups excluding tert-OH is 1. The second-order valence-corrected chi connectivity index (χ2v) is 5.10. The molecule has 0 aliphatic heterocycles. The van der Waals surface area contributed by atoms with Crippen molar-refractivity contribution in [2.75, 3.05) is 14.2 Å². The van der Waals surface area contributed by atoms with Crippen LogP contribution in [0, 0.1) is 10.5 Å². The molecule has 6 heteroatoms. The molecule has 1 aromatic carbocycles. The summed E-state index contributed by atoms with van der Waals surface area (Å²) in [4.78, 5) is 11.2. The van der Waals surface area contributed by atoms with Gasteiger partial charge in [0, 0.05) is 12.5 Å². The van der Waals surface area contributed by atoms with E-state index in [9.17, 15) is 9.90 Å². The number of halogens is 1. The van der Waals surface area contributed by atoms with Gasteiger partial charge in [-0.15, -0.1) is 0 Å². The fourth-order valence-corrected chi connectivity index (χ4v) is 2.95. The Morgan fingerprint density at radius 1 is 1.21 bits per heavy atom. The van der Waals surface area contributed by atoms with E-state index < -0.39 is 12.1 Å². The zero-order chi connectivity index (χ0) is 14.7. The van der Waals surface area contributed by atoms with Crippen molar-refractivity contribution in [2.45, 2.75) is 26.9 Å². The molecule has 0 bridgehead atoms. The van der Waals surface area contributed by atoms with Crippen molar-refractivity contribution < 1.29 is 24.1 Å². The third kappa shape index (κ3) is 3.11. The van der Waals surface area contributed by atoms with Crippen LogP contribution in [0.1, 0.15) is 31.1 Å². The van der Waals surface area contributed by atoms with E-state index in [1.54, 1.807) is 6.92 Å². The monoisotopic (exact) mass is 380 g/mol. The zero-order valence-corrected chi connectivity index (χ0v) is 13.7. The lowest BCUT2D eigenvalue weighted by Gasteiger charge is -2.21. The van der Waals surface area contributed by atoms with Crippen molar-refractivity contribution in [3.63, 3.8) is 0 Å². The number of methoxy groups -OCH3 is 2. The third-order valence-electron chi connectivity index (χ3n) is 2.64. The molecular formula is C13H17IO5. The first kappa shape index (κ1) is 16.0. The van der Waals surface area contributed by atoms with E-state index >= 15 is 0 Å². The van der Waals surface area contributed by atoms with Crippen molar-refractivity contribution in [2.24, 2.45) is 0 Å². The molecule has 1 aromatic rings. The SMILES string of the molecule is COc1c(C)c(OC)c(C(C)O)c(OC(C)=O)c1I. The molecular weight excluding hydrogens is 363 g/mol. The highest BCUT2D eigenvalue weighted by Gasteiger charge is 2.26. The summed E-state index contributed by atoms with van der Waals surface area (Å²) < 4.78 is 16.5. The zero-order valence-electron chi connectivity index (χ0n) is 11.5. The first-order chi connectivity index (χ1) is 8.84. The normalized spacial score (nSPS) is 11.9. The molecule has 5 nitrogen and oxygen atoms in total. The third-order valence-corrected chi connectivity index (χ3v) is 3.62. The molecule has 0 aliphatic rings. The number of rotatable bonds is 4. The lowest BCUT2D eigenvalue weighted by Crippen LogP contribution is -2.11. The Kier molecular flexibility index (Phi) is 5.42. The topological polar surface area (TPSA) is 65.0 Å². The fourth-order valence-electron chi connectivity index (χ4n) is 1.92. The lowest BCUT2D eigenvalue weighted by molar-refractivity contribution is -0.132. The molecule has 0 aromatic heterocycles. The molecule has 106 valence electrons. The van der Waals surface area contributed by atoms with Crippen molar-refractivity contribution in [3.05, 3.63) is 14.7 Å². The summed E-state index contributed by atoms with van der Waals surface area (Å²) in [5.41, 5.74) is 1.20. The minimum atomic E-state index is -0.831. The number of carbonyl (C=O) groups excluding carboxylic acids is 1. The minimum absolute atomic E-state index is 0.280. The Bertz CT molecular complexity index is 497. The van der Waals surface area contributed by atoms with Gasteiger partial charge in [0.15, 0.2) is 5.75 Å². The molecule has 0 radical (unpaired) electrons. The van der Waals surface area contributed by atoms with Gasteiger partial charge in [-0.05, 0) is 36.4 Å². The van der Waals surface area contributed by atoms with Gasteiger partial charge in [0.1, 0.15) is 11.5 Å². The summed E-state index contributed by atoms with van der Waals surface area (Å²) in [6.45, 7) is 4.72. The van der Waals surface area contributed by atoms with Gasteiger partial charge in [-0.2, -0.15) is 0 Å². The number of esters is 1. The van der Waals surface area contributed by atoms with E-state index in [2.05, 4.69) is 0 Å². The van der Waals surface area contributed by atoms with Gasteiger partial charge >= 0.3 is 5.97 Å². The molecule has 0 saturated carbocycles. The average molecular weight is 380 g/mol. The van der Waals surface area contributed by atoms with E-state index in [1.165, 1.54) is 21.1 Å². The number of hydrogen-bond acceptors (Lipinski definition) is 5. The second-order valence-electron chi connectivity index (χ2n) is 4.02. The summed E-state index contributed by atoms with van der Waals surface area (Å²) in [6.07, 6.45) is -0.831. The molecule has 0 heterocycles. The maximum Gasteiger partial charge on any atom is 0.308 e. The van der Waals surface area contributed by atoms with Crippen LogP contribution < -0.4 is 14.2 Å². The summed E-state index contributed by atoms with van der Waals surface area (Å²) in [5, 5.41) is 9.93. The Morgan fingerprint density at radius 3 is 2.11 bits per heavy atom. The van der Waals surface area contributed by atoms with Crippen molar-refractivity contribution in [1.82, 2.24) is 0 Å². The first-order valence-electron chi connectivity index (χ1n) is 5.65. The molecule has 1 unspecified atom stereocenters. The van der Waals surface area contributed by atoms with Crippen LogP contribution in [0.15, 0.2) is 0 Å². The predicted octanol–water partition coefficient (Wildman–Crippen LogP) is 2.60. The van der Waals surface area contributed by atoms with E-state index in [1.807, 2.05) is 29.5 Å². The van der Waals surface area contributed by atoms with Gasteiger partial charge in [0.25, 0.3) is 0 Å².